The number of hydrogen-bond acceptors (Lipinski definition) is 5. The van der Waals surface area contributed by atoms with E-state index in [0.29, 0.717) is 12.0 Å². The molecule has 2 unspecified atom stereocenters. The number of benzene rings is 2. The van der Waals surface area contributed by atoms with Gasteiger partial charge in [0, 0.05) is 18.0 Å². The van der Waals surface area contributed by atoms with Crippen LogP contribution < -0.4 is 10.6 Å². The van der Waals surface area contributed by atoms with Gasteiger partial charge in [0.05, 0.1) is 0 Å². The number of phenols is 1. The molecule has 2 atom stereocenters. The van der Waals surface area contributed by atoms with Gasteiger partial charge in [-0.1, -0.05) is 48.4 Å². The lowest BCUT2D eigenvalue weighted by Gasteiger charge is -2.45. The molecule has 0 aliphatic heterocycles. The summed E-state index contributed by atoms with van der Waals surface area (Å²) in [5, 5.41) is 15.5. The normalized spacial score (nSPS) is 13.4. The van der Waals surface area contributed by atoms with Crippen LogP contribution in [-0.4, -0.2) is 51.1 Å². The van der Waals surface area contributed by atoms with Crippen molar-refractivity contribution in [3.63, 3.8) is 0 Å². The molecule has 0 aromatic heterocycles. The average molecular weight is 554 g/mol. The second-order valence-corrected chi connectivity index (χ2v) is 12.4. The van der Waals surface area contributed by atoms with Gasteiger partial charge in [0.25, 0.3) is 0 Å². The van der Waals surface area contributed by atoms with Crippen molar-refractivity contribution in [2.75, 3.05) is 0 Å². The zero-order chi connectivity index (χ0) is 30.4. The summed E-state index contributed by atoms with van der Waals surface area (Å²) in [6.07, 6.45) is -0.0265. The summed E-state index contributed by atoms with van der Waals surface area (Å²) in [5.41, 5.74) is 1.87. The number of ether oxygens (including phenoxy) is 1. The molecule has 40 heavy (non-hydrogen) atoms. The Kier molecular flexibility index (Phi) is 10.8. The molecule has 0 radical (unpaired) electrons. The maximum Gasteiger partial charge on any atom is 0.408 e. The number of carbonyl (C=O) groups excluding carboxylic acids is 3. The van der Waals surface area contributed by atoms with E-state index in [1.54, 1.807) is 37.8 Å². The number of amides is 3. The predicted octanol–water partition coefficient (Wildman–Crippen LogP) is 5.73. The molecular weight excluding hydrogens is 506 g/mol. The van der Waals surface area contributed by atoms with Gasteiger partial charge in [-0.15, -0.1) is 0 Å². The Labute approximate surface area is 239 Å². The number of nitrogens with zero attached hydrogens (tertiary/aromatic N) is 1. The fraction of sp³-hybridized carbons (Fsp3) is 0.531. The zero-order valence-corrected chi connectivity index (χ0v) is 25.7. The van der Waals surface area contributed by atoms with Gasteiger partial charge in [-0.2, -0.15) is 0 Å². The summed E-state index contributed by atoms with van der Waals surface area (Å²) in [6, 6.07) is 10.2. The van der Waals surface area contributed by atoms with Crippen molar-refractivity contribution < 1.29 is 24.2 Å². The molecule has 0 heterocycles. The Morgan fingerprint density at radius 2 is 1.48 bits per heavy atom. The average Bonchev–Trinajstić information content (AvgIpc) is 2.80. The van der Waals surface area contributed by atoms with Gasteiger partial charge in [0.15, 0.2) is 0 Å². The minimum Gasteiger partial charge on any atom is -0.508 e. The highest BCUT2D eigenvalue weighted by molar-refractivity contribution is 5.93. The smallest absolute Gasteiger partial charge is 0.408 e. The van der Waals surface area contributed by atoms with E-state index in [1.165, 1.54) is 12.1 Å². The van der Waals surface area contributed by atoms with Gasteiger partial charge in [-0.25, -0.2) is 4.79 Å². The zero-order valence-electron chi connectivity index (χ0n) is 25.7. The van der Waals surface area contributed by atoms with Crippen LogP contribution in [0.15, 0.2) is 42.5 Å². The predicted molar refractivity (Wildman–Crippen MR) is 158 cm³/mol. The van der Waals surface area contributed by atoms with Crippen LogP contribution in [0.25, 0.3) is 0 Å². The Morgan fingerprint density at radius 1 is 0.925 bits per heavy atom. The summed E-state index contributed by atoms with van der Waals surface area (Å²) in [4.78, 5) is 43.0. The highest BCUT2D eigenvalue weighted by atomic mass is 16.6. The number of nitrogens with one attached hydrogen (secondary N) is 2. The molecule has 2 aromatic carbocycles. The number of hydrogen-bond donors (Lipinski definition) is 3. The van der Waals surface area contributed by atoms with Crippen molar-refractivity contribution in [1.29, 1.82) is 0 Å². The Morgan fingerprint density at radius 3 is 1.95 bits per heavy atom. The number of carbonyl (C=O) groups is 3. The molecule has 0 aliphatic rings. The first-order valence-corrected chi connectivity index (χ1v) is 13.9. The summed E-state index contributed by atoms with van der Waals surface area (Å²) in [7, 11) is 0. The van der Waals surface area contributed by atoms with Crippen LogP contribution in [-0.2, 0) is 20.7 Å². The lowest BCUT2D eigenvalue weighted by Crippen LogP contribution is -2.60. The minimum atomic E-state index is -1.04. The lowest BCUT2D eigenvalue weighted by molar-refractivity contribution is -0.149. The van der Waals surface area contributed by atoms with Crippen molar-refractivity contribution in [2.24, 2.45) is 0 Å². The molecule has 0 spiro atoms. The second-order valence-electron chi connectivity index (χ2n) is 12.4. The largest absolute Gasteiger partial charge is 0.508 e. The van der Waals surface area contributed by atoms with Gasteiger partial charge in [-0.3, -0.25) is 9.59 Å². The Balaban J connectivity index is 2.70. The highest BCUT2D eigenvalue weighted by Crippen LogP contribution is 2.33. The Bertz CT molecular complexity index is 1160. The molecule has 0 saturated carbocycles. The monoisotopic (exact) mass is 553 g/mol. The molecule has 0 bridgehead atoms. The number of rotatable bonds is 10. The second kappa shape index (κ2) is 13.2. The molecule has 220 valence electrons. The van der Waals surface area contributed by atoms with E-state index < -0.39 is 35.2 Å². The fourth-order valence-corrected chi connectivity index (χ4v) is 4.58. The minimum absolute atomic E-state index is 0.0979. The maximum atomic E-state index is 14.6. The van der Waals surface area contributed by atoms with E-state index in [0.717, 1.165) is 16.7 Å². The number of aryl methyl sites for hydroxylation is 2. The van der Waals surface area contributed by atoms with Gasteiger partial charge in [0.1, 0.15) is 23.4 Å². The van der Waals surface area contributed by atoms with Gasteiger partial charge >= 0.3 is 6.09 Å². The van der Waals surface area contributed by atoms with Gasteiger partial charge in [0.2, 0.25) is 11.8 Å². The summed E-state index contributed by atoms with van der Waals surface area (Å²) in [5.74, 6) is -0.606. The third-order valence-corrected chi connectivity index (χ3v) is 6.62. The van der Waals surface area contributed by atoms with E-state index in [-0.39, 0.29) is 24.1 Å². The molecule has 3 N–H and O–H groups in total. The van der Waals surface area contributed by atoms with Crippen molar-refractivity contribution in [2.45, 2.75) is 111 Å². The Hall–Kier alpha value is -3.55. The summed E-state index contributed by atoms with van der Waals surface area (Å²) < 4.78 is 5.50. The molecule has 2 aromatic rings. The first-order chi connectivity index (χ1) is 18.4. The quantitative estimate of drug-likeness (QED) is 0.348. The van der Waals surface area contributed by atoms with E-state index >= 15 is 0 Å². The number of phenolic OH excluding ortho intramolecular Hbond substituents is 1. The maximum absolute atomic E-state index is 14.6. The molecule has 0 saturated heterocycles. The van der Waals surface area contributed by atoms with Gasteiger partial charge in [-0.05, 0) is 92.0 Å². The van der Waals surface area contributed by atoms with E-state index in [4.69, 9.17) is 4.74 Å². The molecule has 0 aliphatic carbocycles. The molecule has 0 fully saturated rings. The van der Waals surface area contributed by atoms with Crippen LogP contribution >= 0.6 is 0 Å². The fourth-order valence-electron chi connectivity index (χ4n) is 4.58. The van der Waals surface area contributed by atoms with Crippen molar-refractivity contribution >= 4 is 17.9 Å². The first-order valence-electron chi connectivity index (χ1n) is 13.9. The standard InChI is InChI=1S/C32H47N3O5/c1-11-32(9,10)35(27(28(37)33-20(2)3)24-17-21(4)16-22(5)18-24)29(38)26(34-30(39)40-31(6,7)8)19-23-12-14-25(36)15-13-23/h12-18,20,26-27,36H,11,19H2,1-10H3,(H,33,37)(H,34,39). The van der Waals surface area contributed by atoms with E-state index in [1.807, 2.05) is 66.7 Å². The lowest BCUT2D eigenvalue weighted by atomic mass is 9.90. The molecule has 8 nitrogen and oxygen atoms in total. The van der Waals surface area contributed by atoms with E-state index in [9.17, 15) is 19.5 Å². The van der Waals surface area contributed by atoms with Gasteiger partial charge < -0.3 is 25.4 Å². The molecule has 8 heteroatoms. The topological polar surface area (TPSA) is 108 Å². The molecule has 3 amide bonds. The summed E-state index contributed by atoms with van der Waals surface area (Å²) >= 11 is 0. The van der Waals surface area contributed by atoms with Crippen LogP contribution in [0.5, 0.6) is 5.75 Å². The highest BCUT2D eigenvalue weighted by Gasteiger charge is 2.43. The van der Waals surface area contributed by atoms with Crippen molar-refractivity contribution in [1.82, 2.24) is 15.5 Å². The van der Waals surface area contributed by atoms with E-state index in [2.05, 4.69) is 10.6 Å². The third kappa shape index (κ3) is 9.28. The van der Waals surface area contributed by atoms with Crippen LogP contribution in [0.4, 0.5) is 4.79 Å². The van der Waals surface area contributed by atoms with Crippen LogP contribution in [0.3, 0.4) is 0 Å². The molecule has 2 rings (SSSR count). The number of aromatic hydroxyl groups is 1. The first kappa shape index (κ1) is 32.7. The summed E-state index contributed by atoms with van der Waals surface area (Å²) in [6.45, 7) is 18.8. The van der Waals surface area contributed by atoms with Crippen LogP contribution in [0.1, 0.15) is 90.1 Å². The number of alkyl carbamates (subject to hydrolysis) is 1. The SMILES string of the molecule is CCC(C)(C)N(C(=O)C(Cc1ccc(O)cc1)NC(=O)OC(C)(C)C)C(C(=O)NC(C)C)c1cc(C)cc(C)c1. The van der Waals surface area contributed by atoms with Crippen molar-refractivity contribution in [3.05, 3.63) is 64.7 Å². The molecular formula is C32H47N3O5. The van der Waals surface area contributed by atoms with Crippen molar-refractivity contribution in [3.8, 4) is 5.75 Å². The third-order valence-electron chi connectivity index (χ3n) is 6.62. The van der Waals surface area contributed by atoms with Crippen LogP contribution in [0.2, 0.25) is 0 Å². The van der Waals surface area contributed by atoms with Crippen LogP contribution in [0, 0.1) is 13.8 Å².